The second-order valence-electron chi connectivity index (χ2n) is 8.73. The maximum atomic E-state index is 13.0. The molecule has 0 radical (unpaired) electrons. The molecule has 14 heteroatoms. The van der Waals surface area contributed by atoms with Gasteiger partial charge in [-0.05, 0) is 43.0 Å². The minimum atomic E-state index is -1.41. The number of nitrogens with one attached hydrogen (secondary N) is 4. The van der Waals surface area contributed by atoms with E-state index in [1.54, 1.807) is 0 Å². The number of carbonyl (C=O) groups is 4. The van der Waals surface area contributed by atoms with E-state index < -0.39 is 54.0 Å². The van der Waals surface area contributed by atoms with Crippen LogP contribution < -0.4 is 21.7 Å². The van der Waals surface area contributed by atoms with Crippen molar-refractivity contribution in [2.24, 2.45) is 5.73 Å². The second-order valence-corrected chi connectivity index (χ2v) is 9.71. The first-order chi connectivity index (χ1) is 18.0. The predicted molar refractivity (Wildman–Crippen MR) is 140 cm³/mol. The highest BCUT2D eigenvalue weighted by molar-refractivity contribution is 7.98. The number of rotatable bonds is 15. The number of phenols is 1. The fourth-order valence-corrected chi connectivity index (χ4v) is 3.97. The summed E-state index contributed by atoms with van der Waals surface area (Å²) in [5, 5.41) is 36.6. The molecule has 3 amide bonds. The minimum absolute atomic E-state index is 0.0199. The van der Waals surface area contributed by atoms with Crippen LogP contribution >= 0.6 is 11.8 Å². The standard InChI is InChI=1S/C24H34N6O7S/c1-13(31)20(30-21(33)17(25)10-15-11-26-12-27-15)23(35)28-18(7-8-38-2)22(34)29-19(24(36)37)9-14-3-5-16(32)6-4-14/h3-6,11-13,17-20,31-32H,7-10,25H2,1-2H3,(H,26,27)(H,28,35)(H,29,34)(H,30,33)(H,36,37). The molecular formula is C24H34N6O7S. The minimum Gasteiger partial charge on any atom is -0.508 e. The average molecular weight is 551 g/mol. The van der Waals surface area contributed by atoms with Gasteiger partial charge in [0.25, 0.3) is 0 Å². The number of aromatic hydroxyl groups is 1. The van der Waals surface area contributed by atoms with Crippen molar-refractivity contribution in [3.8, 4) is 5.75 Å². The van der Waals surface area contributed by atoms with Crippen molar-refractivity contribution in [3.05, 3.63) is 48.0 Å². The van der Waals surface area contributed by atoms with Crippen molar-refractivity contribution < 1.29 is 34.5 Å². The SMILES string of the molecule is CSCCC(NC(=O)C(NC(=O)C(N)Cc1cnc[nH]1)C(C)O)C(=O)NC(Cc1ccc(O)cc1)C(=O)O. The van der Waals surface area contributed by atoms with Crippen LogP contribution in [-0.4, -0.2) is 91.3 Å². The van der Waals surface area contributed by atoms with Crippen molar-refractivity contribution >= 4 is 35.5 Å². The molecule has 0 bridgehead atoms. The van der Waals surface area contributed by atoms with Crippen LogP contribution in [-0.2, 0) is 32.0 Å². The summed E-state index contributed by atoms with van der Waals surface area (Å²) in [5.74, 6) is -3.03. The van der Waals surface area contributed by atoms with Gasteiger partial charge in [-0.25, -0.2) is 9.78 Å². The lowest BCUT2D eigenvalue weighted by atomic mass is 10.0. The number of carboxylic acid groups (broad SMARTS) is 1. The van der Waals surface area contributed by atoms with Crippen LogP contribution in [0.15, 0.2) is 36.8 Å². The average Bonchev–Trinajstić information content (AvgIpc) is 3.38. The van der Waals surface area contributed by atoms with Crippen molar-refractivity contribution in [3.63, 3.8) is 0 Å². The molecule has 2 rings (SSSR count). The molecule has 1 aromatic heterocycles. The fraction of sp³-hybridized carbons (Fsp3) is 0.458. The second kappa shape index (κ2) is 15.0. The van der Waals surface area contributed by atoms with Crippen molar-refractivity contribution in [2.45, 2.75) is 56.5 Å². The van der Waals surface area contributed by atoms with Gasteiger partial charge in [-0.3, -0.25) is 14.4 Å². The first-order valence-corrected chi connectivity index (χ1v) is 13.2. The number of imidazole rings is 1. The normalized spacial score (nSPS) is 14.9. The van der Waals surface area contributed by atoms with E-state index in [9.17, 15) is 34.5 Å². The summed E-state index contributed by atoms with van der Waals surface area (Å²) < 4.78 is 0. The molecule has 1 aromatic carbocycles. The number of aliphatic hydroxyl groups is 1. The zero-order valence-corrected chi connectivity index (χ0v) is 21.9. The molecule has 5 unspecified atom stereocenters. The van der Waals surface area contributed by atoms with E-state index in [4.69, 9.17) is 5.73 Å². The van der Waals surface area contributed by atoms with Crippen molar-refractivity contribution in [1.82, 2.24) is 25.9 Å². The molecule has 38 heavy (non-hydrogen) atoms. The summed E-state index contributed by atoms with van der Waals surface area (Å²) in [5.41, 5.74) is 7.10. The van der Waals surface area contributed by atoms with Crippen LogP contribution in [0.5, 0.6) is 5.75 Å². The number of thioether (sulfide) groups is 1. The quantitative estimate of drug-likeness (QED) is 0.134. The number of carboxylic acids is 1. The first-order valence-electron chi connectivity index (χ1n) is 11.8. The summed E-state index contributed by atoms with van der Waals surface area (Å²) in [6.45, 7) is 1.31. The molecule has 1 heterocycles. The van der Waals surface area contributed by atoms with Gasteiger partial charge in [0.05, 0.1) is 18.5 Å². The number of aromatic nitrogens is 2. The summed E-state index contributed by atoms with van der Waals surface area (Å²) >= 11 is 1.42. The Labute approximate surface area is 224 Å². The number of phenolic OH excluding ortho intramolecular Hbond substituents is 1. The zero-order chi connectivity index (χ0) is 28.2. The lowest BCUT2D eigenvalue weighted by molar-refractivity contribution is -0.142. The van der Waals surface area contributed by atoms with Gasteiger partial charge in [-0.15, -0.1) is 0 Å². The Hall–Kier alpha value is -3.62. The van der Waals surface area contributed by atoms with Crippen molar-refractivity contribution in [2.75, 3.05) is 12.0 Å². The molecule has 0 aliphatic heterocycles. The van der Waals surface area contributed by atoms with Crippen LogP contribution in [0.4, 0.5) is 0 Å². The highest BCUT2D eigenvalue weighted by atomic mass is 32.2. The van der Waals surface area contributed by atoms with Crippen LogP contribution in [0.1, 0.15) is 24.6 Å². The highest BCUT2D eigenvalue weighted by Crippen LogP contribution is 2.12. The summed E-state index contributed by atoms with van der Waals surface area (Å²) in [6.07, 6.45) is 3.68. The molecule has 13 nitrogen and oxygen atoms in total. The van der Waals surface area contributed by atoms with E-state index in [2.05, 4.69) is 25.9 Å². The van der Waals surface area contributed by atoms with Gasteiger partial charge in [0.1, 0.15) is 23.9 Å². The Kier molecular flexibility index (Phi) is 12.0. The number of benzene rings is 1. The maximum absolute atomic E-state index is 13.0. The third-order valence-electron chi connectivity index (χ3n) is 5.63. The van der Waals surface area contributed by atoms with Gasteiger partial charge in [0.2, 0.25) is 17.7 Å². The number of aliphatic carboxylic acids is 1. The Morgan fingerprint density at radius 2 is 1.68 bits per heavy atom. The van der Waals surface area contributed by atoms with E-state index in [0.717, 1.165) is 0 Å². The molecule has 2 aromatic rings. The lowest BCUT2D eigenvalue weighted by Crippen LogP contribution is -2.60. The molecule has 0 aliphatic rings. The van der Waals surface area contributed by atoms with Crippen LogP contribution in [0.25, 0.3) is 0 Å². The summed E-state index contributed by atoms with van der Waals surface area (Å²) in [7, 11) is 0. The number of nitrogens with zero attached hydrogens (tertiary/aromatic N) is 1. The number of amides is 3. The smallest absolute Gasteiger partial charge is 0.326 e. The topological polar surface area (TPSA) is 220 Å². The highest BCUT2D eigenvalue weighted by Gasteiger charge is 2.32. The number of nitrogens with two attached hydrogens (primary N) is 1. The summed E-state index contributed by atoms with van der Waals surface area (Å²) in [6, 6.07) is 1.02. The Morgan fingerprint density at radius 3 is 2.24 bits per heavy atom. The lowest BCUT2D eigenvalue weighted by Gasteiger charge is -2.26. The molecule has 0 saturated carbocycles. The molecule has 5 atom stereocenters. The number of hydrogen-bond donors (Lipinski definition) is 8. The zero-order valence-electron chi connectivity index (χ0n) is 21.1. The van der Waals surface area contributed by atoms with Gasteiger partial charge in [-0.2, -0.15) is 11.8 Å². The van der Waals surface area contributed by atoms with Crippen LogP contribution in [0.2, 0.25) is 0 Å². The summed E-state index contributed by atoms with van der Waals surface area (Å²) in [4.78, 5) is 57.1. The molecule has 208 valence electrons. The van der Waals surface area contributed by atoms with Gasteiger partial charge in [0, 0.05) is 24.7 Å². The predicted octanol–water partition coefficient (Wildman–Crippen LogP) is -1.10. The Balaban J connectivity index is 2.08. The molecule has 0 saturated heterocycles. The van der Waals surface area contributed by atoms with Gasteiger partial charge >= 0.3 is 5.97 Å². The molecular weight excluding hydrogens is 516 g/mol. The number of aromatic amines is 1. The molecule has 9 N–H and O–H groups in total. The van der Waals surface area contributed by atoms with E-state index in [1.807, 2.05) is 6.26 Å². The third-order valence-corrected chi connectivity index (χ3v) is 6.27. The number of hydrogen-bond acceptors (Lipinski definition) is 9. The number of aliphatic hydroxyl groups excluding tert-OH is 1. The van der Waals surface area contributed by atoms with Crippen molar-refractivity contribution in [1.29, 1.82) is 0 Å². The Bertz CT molecular complexity index is 1060. The van der Waals surface area contributed by atoms with Crippen LogP contribution in [0, 0.1) is 0 Å². The maximum Gasteiger partial charge on any atom is 0.326 e. The van der Waals surface area contributed by atoms with E-state index >= 15 is 0 Å². The molecule has 0 aliphatic carbocycles. The van der Waals surface area contributed by atoms with Gasteiger partial charge in [-0.1, -0.05) is 12.1 Å². The Morgan fingerprint density at radius 1 is 1.03 bits per heavy atom. The number of carbonyl (C=O) groups excluding carboxylic acids is 3. The molecule has 0 spiro atoms. The van der Waals surface area contributed by atoms with Gasteiger partial charge < -0.3 is 42.0 Å². The van der Waals surface area contributed by atoms with E-state index in [1.165, 1.54) is 55.5 Å². The monoisotopic (exact) mass is 550 g/mol. The fourth-order valence-electron chi connectivity index (χ4n) is 3.50. The van der Waals surface area contributed by atoms with Crippen LogP contribution in [0.3, 0.4) is 0 Å². The number of H-pyrrole nitrogens is 1. The van der Waals surface area contributed by atoms with E-state index in [0.29, 0.717) is 17.0 Å². The first kappa shape index (κ1) is 30.6. The largest absolute Gasteiger partial charge is 0.508 e. The third kappa shape index (κ3) is 9.68. The van der Waals surface area contributed by atoms with E-state index in [-0.39, 0.29) is 25.0 Å². The van der Waals surface area contributed by atoms with Gasteiger partial charge in [0.15, 0.2) is 0 Å². The molecule has 0 fully saturated rings.